The van der Waals surface area contributed by atoms with Gasteiger partial charge in [-0.2, -0.15) is 0 Å². The third kappa shape index (κ3) is 4.94. The largest absolute Gasteiger partial charge is 0.454 e. The van der Waals surface area contributed by atoms with Crippen LogP contribution in [0.3, 0.4) is 0 Å². The van der Waals surface area contributed by atoms with Crippen molar-refractivity contribution in [2.24, 2.45) is 0 Å². The fourth-order valence-corrected chi connectivity index (χ4v) is 2.47. The number of amides is 2. The Morgan fingerprint density at radius 3 is 2.30 bits per heavy atom. The van der Waals surface area contributed by atoms with Crippen LogP contribution in [0.4, 0.5) is 0 Å². The van der Waals surface area contributed by atoms with E-state index in [4.69, 9.17) is 4.42 Å². The smallest absolute Gasteiger partial charge is 0.287 e. The highest BCUT2D eigenvalue weighted by Crippen LogP contribution is 2.08. The van der Waals surface area contributed by atoms with Crippen molar-refractivity contribution in [2.45, 2.75) is 6.54 Å². The molecule has 0 saturated heterocycles. The molecule has 138 valence electrons. The lowest BCUT2D eigenvalue weighted by Gasteiger charge is -2.06. The molecule has 3 aromatic rings. The minimum absolute atomic E-state index is 0.144. The minimum atomic E-state index is -0.379. The molecule has 0 aliphatic rings. The number of aromatic nitrogens is 1. The number of carbonyl (C=O) groups is 2. The third-order valence-corrected chi connectivity index (χ3v) is 3.84. The molecule has 0 bridgehead atoms. The molecule has 7 heteroatoms. The van der Waals surface area contributed by atoms with Gasteiger partial charge in [-0.1, -0.05) is 24.3 Å². The second-order valence-electron chi connectivity index (χ2n) is 5.81. The number of nitrogens with one attached hydrogen (secondary N) is 2. The summed E-state index contributed by atoms with van der Waals surface area (Å²) < 4.78 is 6.98. The van der Waals surface area contributed by atoms with Crippen molar-refractivity contribution in [1.82, 2.24) is 15.2 Å². The first-order valence-corrected chi connectivity index (χ1v) is 8.49. The molecule has 2 N–H and O–H groups in total. The van der Waals surface area contributed by atoms with Crippen LogP contribution in [0.15, 0.2) is 76.1 Å². The SMILES string of the molecule is O=C(NCCNC(=O)c1ccc(Cn2ccccc2=O)o1)c1ccccc1. The van der Waals surface area contributed by atoms with Crippen molar-refractivity contribution >= 4 is 11.8 Å². The van der Waals surface area contributed by atoms with Gasteiger partial charge in [0.15, 0.2) is 5.76 Å². The van der Waals surface area contributed by atoms with E-state index in [9.17, 15) is 14.4 Å². The van der Waals surface area contributed by atoms with Gasteiger partial charge in [0.2, 0.25) is 0 Å². The van der Waals surface area contributed by atoms with Crippen molar-refractivity contribution in [1.29, 1.82) is 0 Å². The Morgan fingerprint density at radius 1 is 0.852 bits per heavy atom. The fourth-order valence-electron chi connectivity index (χ4n) is 2.47. The van der Waals surface area contributed by atoms with Crippen LogP contribution in [0, 0.1) is 0 Å². The summed E-state index contributed by atoms with van der Waals surface area (Å²) in [4.78, 5) is 35.7. The summed E-state index contributed by atoms with van der Waals surface area (Å²) in [5.41, 5.74) is 0.421. The monoisotopic (exact) mass is 365 g/mol. The molecule has 2 heterocycles. The normalized spacial score (nSPS) is 10.4. The van der Waals surface area contributed by atoms with Gasteiger partial charge in [-0.25, -0.2) is 0 Å². The van der Waals surface area contributed by atoms with Crippen LogP contribution >= 0.6 is 0 Å². The lowest BCUT2D eigenvalue weighted by atomic mass is 10.2. The number of nitrogens with zero attached hydrogens (tertiary/aromatic N) is 1. The first kappa shape index (κ1) is 18.2. The van der Waals surface area contributed by atoms with Gasteiger partial charge >= 0.3 is 0 Å². The molecular weight excluding hydrogens is 346 g/mol. The van der Waals surface area contributed by atoms with Gasteiger partial charge < -0.3 is 19.6 Å². The fraction of sp³-hybridized carbons (Fsp3) is 0.150. The topological polar surface area (TPSA) is 93.3 Å². The van der Waals surface area contributed by atoms with Crippen LogP contribution < -0.4 is 16.2 Å². The van der Waals surface area contributed by atoms with E-state index < -0.39 is 0 Å². The summed E-state index contributed by atoms with van der Waals surface area (Å²) >= 11 is 0. The van der Waals surface area contributed by atoms with Crippen LogP contribution in [-0.2, 0) is 6.54 Å². The number of benzene rings is 1. The number of rotatable bonds is 7. The molecule has 2 amide bonds. The molecule has 0 radical (unpaired) electrons. The van der Waals surface area contributed by atoms with Crippen molar-refractivity contribution in [2.75, 3.05) is 13.1 Å². The van der Waals surface area contributed by atoms with E-state index in [1.165, 1.54) is 10.6 Å². The van der Waals surface area contributed by atoms with Crippen molar-refractivity contribution in [3.63, 3.8) is 0 Å². The number of pyridine rings is 1. The molecule has 27 heavy (non-hydrogen) atoms. The van der Waals surface area contributed by atoms with E-state index in [2.05, 4.69) is 10.6 Å². The Bertz CT molecular complexity index is 976. The van der Waals surface area contributed by atoms with Crippen LogP contribution in [0.2, 0.25) is 0 Å². The summed E-state index contributed by atoms with van der Waals surface area (Å²) in [6.45, 7) is 0.818. The van der Waals surface area contributed by atoms with E-state index in [-0.39, 0.29) is 36.2 Å². The Hall–Kier alpha value is -3.61. The highest BCUT2D eigenvalue weighted by molar-refractivity contribution is 5.94. The van der Waals surface area contributed by atoms with Crippen molar-refractivity contribution < 1.29 is 14.0 Å². The third-order valence-electron chi connectivity index (χ3n) is 3.84. The Morgan fingerprint density at radius 2 is 1.56 bits per heavy atom. The maximum absolute atomic E-state index is 12.1. The summed E-state index contributed by atoms with van der Waals surface area (Å²) in [5.74, 6) is 0.0863. The maximum Gasteiger partial charge on any atom is 0.287 e. The minimum Gasteiger partial charge on any atom is -0.454 e. The molecule has 0 unspecified atom stereocenters. The van der Waals surface area contributed by atoms with Gasteiger partial charge in [0.05, 0.1) is 6.54 Å². The average molecular weight is 365 g/mol. The number of carbonyl (C=O) groups excluding carboxylic acids is 2. The summed E-state index contributed by atoms with van der Waals surface area (Å²) in [5, 5.41) is 5.41. The lowest BCUT2D eigenvalue weighted by Crippen LogP contribution is -2.34. The molecule has 0 aliphatic heterocycles. The predicted molar refractivity (Wildman–Crippen MR) is 99.6 cm³/mol. The van der Waals surface area contributed by atoms with Crippen LogP contribution in [0.1, 0.15) is 26.7 Å². The number of hydrogen-bond acceptors (Lipinski definition) is 4. The van der Waals surface area contributed by atoms with E-state index in [1.54, 1.807) is 54.7 Å². The molecule has 0 aliphatic carbocycles. The molecular formula is C20H19N3O4. The number of furan rings is 1. The van der Waals surface area contributed by atoms with Gasteiger partial charge in [-0.05, 0) is 30.3 Å². The lowest BCUT2D eigenvalue weighted by molar-refractivity contribution is 0.0909. The maximum atomic E-state index is 12.1. The first-order valence-electron chi connectivity index (χ1n) is 8.49. The molecule has 0 saturated carbocycles. The van der Waals surface area contributed by atoms with Crippen molar-refractivity contribution in [3.8, 4) is 0 Å². The van der Waals surface area contributed by atoms with Crippen molar-refractivity contribution in [3.05, 3.63) is 94.3 Å². The highest BCUT2D eigenvalue weighted by Gasteiger charge is 2.11. The summed E-state index contributed by atoms with van der Waals surface area (Å²) in [7, 11) is 0. The first-order chi connectivity index (χ1) is 13.1. The molecule has 0 fully saturated rings. The van der Waals surface area contributed by atoms with Gasteiger partial charge in [-0.3, -0.25) is 14.4 Å². The van der Waals surface area contributed by atoms with Gasteiger partial charge in [0.25, 0.3) is 17.4 Å². The zero-order chi connectivity index (χ0) is 19.1. The molecule has 1 aromatic carbocycles. The van der Waals surface area contributed by atoms with Crippen LogP contribution in [0.25, 0.3) is 0 Å². The zero-order valence-corrected chi connectivity index (χ0v) is 14.6. The van der Waals surface area contributed by atoms with E-state index in [0.29, 0.717) is 17.9 Å². The van der Waals surface area contributed by atoms with Gasteiger partial charge in [0.1, 0.15) is 5.76 Å². The van der Waals surface area contributed by atoms with Crippen LogP contribution in [-0.4, -0.2) is 29.5 Å². The molecule has 3 rings (SSSR count). The Kier molecular flexibility index (Phi) is 5.84. The second-order valence-corrected chi connectivity index (χ2v) is 5.81. The molecule has 0 atom stereocenters. The van der Waals surface area contributed by atoms with Gasteiger partial charge in [0, 0.05) is 30.9 Å². The predicted octanol–water partition coefficient (Wildman–Crippen LogP) is 1.65. The Labute approximate surface area is 155 Å². The van der Waals surface area contributed by atoms with E-state index >= 15 is 0 Å². The van der Waals surface area contributed by atoms with E-state index in [1.807, 2.05) is 6.07 Å². The average Bonchev–Trinajstić information content (AvgIpc) is 3.16. The van der Waals surface area contributed by atoms with E-state index in [0.717, 1.165) is 0 Å². The van der Waals surface area contributed by atoms with Gasteiger partial charge in [-0.15, -0.1) is 0 Å². The second kappa shape index (κ2) is 8.66. The summed E-state index contributed by atoms with van der Waals surface area (Å²) in [6.07, 6.45) is 1.65. The quantitative estimate of drug-likeness (QED) is 0.623. The highest BCUT2D eigenvalue weighted by atomic mass is 16.4. The zero-order valence-electron chi connectivity index (χ0n) is 14.6. The standard InChI is InChI=1S/C20H19N3O4/c24-18-8-4-5-13-23(18)14-16-9-10-17(27-16)20(26)22-12-11-21-19(25)15-6-2-1-3-7-15/h1-10,13H,11-12,14H2,(H,21,25)(H,22,26). The number of hydrogen-bond donors (Lipinski definition) is 2. The van der Waals surface area contributed by atoms with Crippen LogP contribution in [0.5, 0.6) is 0 Å². The summed E-state index contributed by atoms with van der Waals surface area (Å²) in [6, 6.07) is 16.9. The Balaban J connectivity index is 1.46. The molecule has 0 spiro atoms. The molecule has 7 nitrogen and oxygen atoms in total. The molecule has 2 aromatic heterocycles.